The van der Waals surface area contributed by atoms with Crippen LogP contribution in [-0.4, -0.2) is 12.1 Å². The molecule has 0 aromatic heterocycles. The second-order valence-electron chi connectivity index (χ2n) is 8.32. The summed E-state index contributed by atoms with van der Waals surface area (Å²) in [5.74, 6) is 0. The fourth-order valence-electron chi connectivity index (χ4n) is 4.23. The molecule has 2 heteroatoms. The summed E-state index contributed by atoms with van der Waals surface area (Å²) in [4.78, 5) is 2.63. The van der Waals surface area contributed by atoms with Crippen LogP contribution in [-0.2, 0) is 6.42 Å². The summed E-state index contributed by atoms with van der Waals surface area (Å²) in [6.45, 7) is 18.0. The van der Waals surface area contributed by atoms with Gasteiger partial charge >= 0.3 is 0 Å². The van der Waals surface area contributed by atoms with Gasteiger partial charge in [-0.25, -0.2) is 0 Å². The largest absolute Gasteiger partial charge is 0.398 e. The van der Waals surface area contributed by atoms with E-state index in [-0.39, 0.29) is 0 Å². The number of hydrogen-bond donors (Lipinski definition) is 1. The number of rotatable bonds is 7. The van der Waals surface area contributed by atoms with Crippen molar-refractivity contribution in [3.63, 3.8) is 0 Å². The molecule has 0 heterocycles. The molecule has 27 heavy (non-hydrogen) atoms. The fourth-order valence-corrected chi connectivity index (χ4v) is 4.23. The molecular formula is C25H38N2. The maximum atomic E-state index is 6.12. The van der Waals surface area contributed by atoms with Crippen LogP contribution in [0.3, 0.4) is 0 Å². The van der Waals surface area contributed by atoms with Gasteiger partial charge in [0.1, 0.15) is 0 Å². The molecule has 0 saturated heterocycles. The molecule has 0 bridgehead atoms. The SMILES string of the molecule is CCC(C)N(c1c(C)cc(Cc2cc(C)c(N)c(C)c2)cc1C)C(C)CC. The van der Waals surface area contributed by atoms with E-state index in [1.807, 2.05) is 0 Å². The molecule has 148 valence electrons. The molecule has 2 nitrogen and oxygen atoms in total. The molecule has 2 aromatic rings. The predicted molar refractivity (Wildman–Crippen MR) is 121 cm³/mol. The molecular weight excluding hydrogens is 328 g/mol. The number of nitrogen functional groups attached to an aromatic ring is 1. The molecule has 0 amide bonds. The zero-order chi connectivity index (χ0) is 20.3. The number of nitrogens with two attached hydrogens (primary N) is 1. The number of benzene rings is 2. The first kappa shape index (κ1) is 21.3. The Morgan fingerprint density at radius 1 is 0.741 bits per heavy atom. The van der Waals surface area contributed by atoms with Gasteiger partial charge in [0.05, 0.1) is 0 Å². The van der Waals surface area contributed by atoms with Crippen molar-refractivity contribution in [2.24, 2.45) is 0 Å². The first-order chi connectivity index (χ1) is 12.7. The Hall–Kier alpha value is -1.96. The van der Waals surface area contributed by atoms with E-state index in [2.05, 4.69) is 84.6 Å². The van der Waals surface area contributed by atoms with E-state index in [0.29, 0.717) is 12.1 Å². The summed E-state index contributed by atoms with van der Waals surface area (Å²) in [6, 6.07) is 10.3. The highest BCUT2D eigenvalue weighted by molar-refractivity contribution is 5.62. The molecule has 2 unspecified atom stereocenters. The highest BCUT2D eigenvalue weighted by atomic mass is 15.2. The van der Waals surface area contributed by atoms with Crippen molar-refractivity contribution in [1.82, 2.24) is 0 Å². The van der Waals surface area contributed by atoms with Gasteiger partial charge in [0.15, 0.2) is 0 Å². The van der Waals surface area contributed by atoms with Gasteiger partial charge in [0.2, 0.25) is 0 Å². The number of hydrogen-bond acceptors (Lipinski definition) is 2. The number of nitrogens with zero attached hydrogens (tertiary/aromatic N) is 1. The standard InChI is InChI=1S/C25H38N2/c1-9-20(7)27(21(8)10-2)25-18(5)13-23(14-19(25)6)15-22-11-16(3)24(26)17(4)12-22/h11-14,20-21H,9-10,15,26H2,1-8H3. The minimum atomic E-state index is 0.547. The van der Waals surface area contributed by atoms with Crippen molar-refractivity contribution < 1.29 is 0 Å². The van der Waals surface area contributed by atoms with E-state index in [4.69, 9.17) is 5.73 Å². The van der Waals surface area contributed by atoms with Crippen LogP contribution in [0.25, 0.3) is 0 Å². The summed E-state index contributed by atoms with van der Waals surface area (Å²) in [6.07, 6.45) is 3.28. The van der Waals surface area contributed by atoms with Gasteiger partial charge in [-0.05, 0) is 94.2 Å². The van der Waals surface area contributed by atoms with Gasteiger partial charge < -0.3 is 10.6 Å². The van der Waals surface area contributed by atoms with Gasteiger partial charge in [-0.15, -0.1) is 0 Å². The number of aryl methyl sites for hydroxylation is 4. The highest BCUT2D eigenvalue weighted by Crippen LogP contribution is 2.32. The van der Waals surface area contributed by atoms with Crippen molar-refractivity contribution in [3.8, 4) is 0 Å². The first-order valence-corrected chi connectivity index (χ1v) is 10.4. The summed E-state index contributed by atoms with van der Waals surface area (Å²) >= 11 is 0. The van der Waals surface area contributed by atoms with E-state index in [1.165, 1.54) is 39.1 Å². The van der Waals surface area contributed by atoms with E-state index in [1.54, 1.807) is 0 Å². The Morgan fingerprint density at radius 2 is 1.11 bits per heavy atom. The molecule has 0 aliphatic rings. The lowest BCUT2D eigenvalue weighted by molar-refractivity contribution is 0.525. The van der Waals surface area contributed by atoms with Crippen LogP contribution in [0.2, 0.25) is 0 Å². The molecule has 2 aromatic carbocycles. The van der Waals surface area contributed by atoms with Gasteiger partial charge in [0.25, 0.3) is 0 Å². The smallest absolute Gasteiger partial charge is 0.0430 e. The molecule has 0 aliphatic carbocycles. The average Bonchev–Trinajstić information content (AvgIpc) is 2.61. The minimum Gasteiger partial charge on any atom is -0.398 e. The molecule has 2 rings (SSSR count). The van der Waals surface area contributed by atoms with Crippen LogP contribution >= 0.6 is 0 Å². The molecule has 0 spiro atoms. The molecule has 0 saturated carbocycles. The maximum Gasteiger partial charge on any atom is 0.0430 e. The van der Waals surface area contributed by atoms with Crippen LogP contribution < -0.4 is 10.6 Å². The van der Waals surface area contributed by atoms with Crippen molar-refractivity contribution in [1.29, 1.82) is 0 Å². The average molecular weight is 367 g/mol. The molecule has 0 fully saturated rings. The maximum absolute atomic E-state index is 6.12. The summed E-state index contributed by atoms with van der Waals surface area (Å²) in [5.41, 5.74) is 16.3. The van der Waals surface area contributed by atoms with Crippen LogP contribution in [0.15, 0.2) is 24.3 Å². The van der Waals surface area contributed by atoms with Gasteiger partial charge in [0, 0.05) is 23.5 Å². The lowest BCUT2D eigenvalue weighted by atomic mass is 9.94. The third kappa shape index (κ3) is 4.66. The van der Waals surface area contributed by atoms with Crippen molar-refractivity contribution >= 4 is 11.4 Å². The van der Waals surface area contributed by atoms with Gasteiger partial charge in [-0.2, -0.15) is 0 Å². The lowest BCUT2D eigenvalue weighted by Gasteiger charge is -2.38. The molecule has 2 atom stereocenters. The second-order valence-corrected chi connectivity index (χ2v) is 8.32. The normalized spacial score (nSPS) is 13.5. The van der Waals surface area contributed by atoms with E-state index in [9.17, 15) is 0 Å². The Labute approximate surface area is 166 Å². The zero-order valence-corrected chi connectivity index (χ0v) is 18.6. The van der Waals surface area contributed by atoms with Gasteiger partial charge in [-0.1, -0.05) is 38.1 Å². The summed E-state index contributed by atoms with van der Waals surface area (Å²) < 4.78 is 0. The third-order valence-electron chi connectivity index (χ3n) is 6.00. The lowest BCUT2D eigenvalue weighted by Crippen LogP contribution is -2.40. The van der Waals surface area contributed by atoms with Crippen LogP contribution in [0, 0.1) is 27.7 Å². The predicted octanol–water partition coefficient (Wildman–Crippen LogP) is 6.50. The third-order valence-corrected chi connectivity index (χ3v) is 6.00. The number of anilines is 2. The van der Waals surface area contributed by atoms with E-state index in [0.717, 1.165) is 24.9 Å². The molecule has 0 aliphatic heterocycles. The highest BCUT2D eigenvalue weighted by Gasteiger charge is 2.22. The Kier molecular flexibility index (Phi) is 6.97. The molecule has 0 radical (unpaired) electrons. The fraction of sp³-hybridized carbons (Fsp3) is 0.520. The summed E-state index contributed by atoms with van der Waals surface area (Å²) in [7, 11) is 0. The van der Waals surface area contributed by atoms with Crippen molar-refractivity contribution in [3.05, 3.63) is 57.6 Å². The van der Waals surface area contributed by atoms with Gasteiger partial charge in [-0.3, -0.25) is 0 Å². The van der Waals surface area contributed by atoms with Crippen molar-refractivity contribution in [2.75, 3.05) is 10.6 Å². The Morgan fingerprint density at radius 3 is 1.48 bits per heavy atom. The molecule has 2 N–H and O–H groups in total. The van der Waals surface area contributed by atoms with Crippen LogP contribution in [0.5, 0.6) is 0 Å². The second kappa shape index (κ2) is 8.82. The monoisotopic (exact) mass is 366 g/mol. The van der Waals surface area contributed by atoms with Crippen LogP contribution in [0.4, 0.5) is 11.4 Å². The van der Waals surface area contributed by atoms with E-state index >= 15 is 0 Å². The summed E-state index contributed by atoms with van der Waals surface area (Å²) in [5, 5.41) is 0. The Bertz CT molecular complexity index is 735. The zero-order valence-electron chi connectivity index (χ0n) is 18.6. The first-order valence-electron chi connectivity index (χ1n) is 10.4. The Balaban J connectivity index is 2.41. The topological polar surface area (TPSA) is 29.3 Å². The van der Waals surface area contributed by atoms with Crippen LogP contribution in [0.1, 0.15) is 73.9 Å². The minimum absolute atomic E-state index is 0.547. The quantitative estimate of drug-likeness (QED) is 0.567. The van der Waals surface area contributed by atoms with Crippen molar-refractivity contribution in [2.45, 2.75) is 86.7 Å². The van der Waals surface area contributed by atoms with E-state index < -0.39 is 0 Å².